The molecule has 0 unspecified atom stereocenters. The molecule has 0 saturated carbocycles. The molecule has 0 aliphatic heterocycles. The fourth-order valence-corrected chi connectivity index (χ4v) is 1.70. The van der Waals surface area contributed by atoms with E-state index in [0.29, 0.717) is 9.26 Å². The molecule has 1 rings (SSSR count). The summed E-state index contributed by atoms with van der Waals surface area (Å²) in [6.45, 7) is 2.77. The summed E-state index contributed by atoms with van der Waals surface area (Å²) in [5.41, 5.74) is 6.29. The number of aromatic nitrogens is 1. The monoisotopic (exact) mass is 278 g/mol. The lowest BCUT2D eigenvalue weighted by molar-refractivity contribution is 0.652. The summed E-state index contributed by atoms with van der Waals surface area (Å²) in [5.74, 6) is 0. The zero-order valence-electron chi connectivity index (χ0n) is 6.88. The Morgan fingerprint density at radius 2 is 2.33 bits per heavy atom. The van der Waals surface area contributed by atoms with Gasteiger partial charge in [-0.25, -0.2) is 0 Å². The predicted octanol–water partition coefficient (Wildman–Crippen LogP) is 1.45. The number of hydrogen-bond acceptors (Lipinski definition) is 2. The zero-order chi connectivity index (χ0) is 9.14. The second-order valence-electron chi connectivity index (χ2n) is 2.62. The number of aryl methyl sites for hydroxylation is 1. The number of nitrogen functional groups attached to an aromatic ring is 1. The van der Waals surface area contributed by atoms with Gasteiger partial charge < -0.3 is 10.3 Å². The van der Waals surface area contributed by atoms with Crippen LogP contribution in [-0.2, 0) is 6.54 Å². The number of rotatable bonds is 2. The van der Waals surface area contributed by atoms with E-state index >= 15 is 0 Å². The molecule has 4 heteroatoms. The van der Waals surface area contributed by atoms with Crippen molar-refractivity contribution in [2.75, 3.05) is 5.73 Å². The van der Waals surface area contributed by atoms with Crippen molar-refractivity contribution in [1.82, 2.24) is 4.57 Å². The molecule has 0 amide bonds. The van der Waals surface area contributed by atoms with E-state index in [1.165, 1.54) is 0 Å². The van der Waals surface area contributed by atoms with E-state index in [2.05, 4.69) is 0 Å². The van der Waals surface area contributed by atoms with Crippen molar-refractivity contribution in [1.29, 1.82) is 0 Å². The van der Waals surface area contributed by atoms with Crippen LogP contribution in [0.25, 0.3) is 0 Å². The Kier molecular flexibility index (Phi) is 3.13. The van der Waals surface area contributed by atoms with Gasteiger partial charge in [0.25, 0.3) is 5.56 Å². The predicted molar refractivity (Wildman–Crippen MR) is 58.1 cm³/mol. The first-order chi connectivity index (χ1) is 5.65. The highest BCUT2D eigenvalue weighted by Gasteiger charge is 2.00. The van der Waals surface area contributed by atoms with E-state index in [-0.39, 0.29) is 5.56 Å². The SMILES string of the molecule is CCCn1cc(N)cc(I)c1=O. The first kappa shape index (κ1) is 9.57. The normalized spacial score (nSPS) is 10.2. The average Bonchev–Trinajstić information content (AvgIpc) is 2.00. The van der Waals surface area contributed by atoms with Crippen molar-refractivity contribution in [2.45, 2.75) is 19.9 Å². The Morgan fingerprint density at radius 1 is 1.67 bits per heavy atom. The maximum Gasteiger partial charge on any atom is 0.264 e. The summed E-state index contributed by atoms with van der Waals surface area (Å²) in [7, 11) is 0. The average molecular weight is 278 g/mol. The van der Waals surface area contributed by atoms with Crippen molar-refractivity contribution in [2.24, 2.45) is 0 Å². The minimum absolute atomic E-state index is 0.0478. The van der Waals surface area contributed by atoms with Gasteiger partial charge in [0, 0.05) is 18.4 Å². The molecule has 1 aromatic rings. The maximum atomic E-state index is 11.4. The molecule has 1 aromatic heterocycles. The molecule has 0 saturated heterocycles. The zero-order valence-corrected chi connectivity index (χ0v) is 9.04. The number of pyridine rings is 1. The third-order valence-electron chi connectivity index (χ3n) is 1.53. The summed E-state index contributed by atoms with van der Waals surface area (Å²) >= 11 is 2.00. The Morgan fingerprint density at radius 3 is 2.92 bits per heavy atom. The van der Waals surface area contributed by atoms with Gasteiger partial charge in [-0.1, -0.05) is 6.92 Å². The van der Waals surface area contributed by atoms with Crippen molar-refractivity contribution in [3.63, 3.8) is 0 Å². The minimum Gasteiger partial charge on any atom is -0.398 e. The van der Waals surface area contributed by atoms with E-state index < -0.39 is 0 Å². The van der Waals surface area contributed by atoms with Crippen LogP contribution in [-0.4, -0.2) is 4.57 Å². The fourth-order valence-electron chi connectivity index (χ4n) is 1.03. The molecule has 0 aromatic carbocycles. The summed E-state index contributed by atoms with van der Waals surface area (Å²) in [6, 6.07) is 1.69. The van der Waals surface area contributed by atoms with Crippen molar-refractivity contribution in [3.8, 4) is 0 Å². The molecular weight excluding hydrogens is 267 g/mol. The number of nitrogens with zero attached hydrogens (tertiary/aromatic N) is 1. The van der Waals surface area contributed by atoms with E-state index in [1.54, 1.807) is 16.8 Å². The van der Waals surface area contributed by atoms with E-state index in [9.17, 15) is 4.79 Å². The maximum absolute atomic E-state index is 11.4. The van der Waals surface area contributed by atoms with Crippen LogP contribution in [0.4, 0.5) is 5.69 Å². The molecule has 0 atom stereocenters. The van der Waals surface area contributed by atoms with Crippen LogP contribution in [0, 0.1) is 3.57 Å². The smallest absolute Gasteiger partial charge is 0.264 e. The second kappa shape index (κ2) is 3.93. The Labute approximate surface area is 84.7 Å². The van der Waals surface area contributed by atoms with Gasteiger partial charge in [0.15, 0.2) is 0 Å². The molecule has 12 heavy (non-hydrogen) atoms. The van der Waals surface area contributed by atoms with Crippen LogP contribution in [0.2, 0.25) is 0 Å². The first-order valence-electron chi connectivity index (χ1n) is 3.80. The van der Waals surface area contributed by atoms with Crippen LogP contribution in [0.3, 0.4) is 0 Å². The topological polar surface area (TPSA) is 48.0 Å². The van der Waals surface area contributed by atoms with Crippen LogP contribution in [0.15, 0.2) is 17.1 Å². The van der Waals surface area contributed by atoms with Crippen LogP contribution >= 0.6 is 22.6 Å². The molecular formula is C8H11IN2O. The van der Waals surface area contributed by atoms with Gasteiger partial charge in [-0.2, -0.15) is 0 Å². The molecule has 0 fully saturated rings. The quantitative estimate of drug-likeness (QED) is 0.832. The van der Waals surface area contributed by atoms with Gasteiger partial charge in [0.1, 0.15) is 0 Å². The minimum atomic E-state index is 0.0478. The van der Waals surface area contributed by atoms with Gasteiger partial charge >= 0.3 is 0 Å². The highest BCUT2D eigenvalue weighted by atomic mass is 127. The number of nitrogens with two attached hydrogens (primary N) is 1. The molecule has 66 valence electrons. The van der Waals surface area contributed by atoms with Gasteiger partial charge in [0.2, 0.25) is 0 Å². The molecule has 1 heterocycles. The van der Waals surface area contributed by atoms with Crippen molar-refractivity contribution in [3.05, 3.63) is 26.2 Å². The van der Waals surface area contributed by atoms with E-state index in [0.717, 1.165) is 13.0 Å². The largest absolute Gasteiger partial charge is 0.398 e. The molecule has 2 N–H and O–H groups in total. The van der Waals surface area contributed by atoms with E-state index in [1.807, 2.05) is 29.5 Å². The fraction of sp³-hybridized carbons (Fsp3) is 0.375. The summed E-state index contributed by atoms with van der Waals surface area (Å²) in [4.78, 5) is 11.4. The Bertz CT molecular complexity index is 332. The Balaban J connectivity index is 3.19. The van der Waals surface area contributed by atoms with Crippen LogP contribution < -0.4 is 11.3 Å². The highest BCUT2D eigenvalue weighted by Crippen LogP contribution is 2.04. The van der Waals surface area contributed by atoms with Gasteiger partial charge in [-0.15, -0.1) is 0 Å². The first-order valence-corrected chi connectivity index (χ1v) is 4.88. The molecule has 3 nitrogen and oxygen atoms in total. The second-order valence-corrected chi connectivity index (χ2v) is 3.78. The van der Waals surface area contributed by atoms with Gasteiger partial charge in [0.05, 0.1) is 3.57 Å². The number of hydrogen-bond donors (Lipinski definition) is 1. The van der Waals surface area contributed by atoms with Crippen molar-refractivity contribution < 1.29 is 0 Å². The standard InChI is InChI=1S/C8H11IN2O/c1-2-3-11-5-6(10)4-7(9)8(11)12/h4-5H,2-3,10H2,1H3. The summed E-state index contributed by atoms with van der Waals surface area (Å²) in [5, 5.41) is 0. The van der Waals surface area contributed by atoms with Crippen LogP contribution in [0.5, 0.6) is 0 Å². The third-order valence-corrected chi connectivity index (χ3v) is 2.30. The summed E-state index contributed by atoms with van der Waals surface area (Å²) < 4.78 is 2.33. The molecule has 0 spiro atoms. The third kappa shape index (κ3) is 2.00. The highest BCUT2D eigenvalue weighted by molar-refractivity contribution is 14.1. The Hall–Kier alpha value is -0.520. The number of anilines is 1. The van der Waals surface area contributed by atoms with Crippen LogP contribution in [0.1, 0.15) is 13.3 Å². The van der Waals surface area contributed by atoms with Gasteiger partial charge in [-0.3, -0.25) is 4.79 Å². The lowest BCUT2D eigenvalue weighted by Gasteiger charge is -2.04. The molecule has 0 aliphatic carbocycles. The van der Waals surface area contributed by atoms with E-state index in [4.69, 9.17) is 5.73 Å². The summed E-state index contributed by atoms with van der Waals surface area (Å²) in [6.07, 6.45) is 2.63. The molecule has 0 radical (unpaired) electrons. The lowest BCUT2D eigenvalue weighted by atomic mass is 10.4. The van der Waals surface area contributed by atoms with Gasteiger partial charge in [-0.05, 0) is 35.1 Å². The lowest BCUT2D eigenvalue weighted by Crippen LogP contribution is -2.22. The molecule has 0 bridgehead atoms. The number of halogens is 1. The van der Waals surface area contributed by atoms with Crippen molar-refractivity contribution >= 4 is 28.3 Å². The molecule has 0 aliphatic rings.